The van der Waals surface area contributed by atoms with Crippen molar-refractivity contribution in [2.24, 2.45) is 0 Å². The highest BCUT2D eigenvalue weighted by atomic mass is 32.2. The van der Waals surface area contributed by atoms with Gasteiger partial charge in [-0.05, 0) is 31.9 Å². The molecule has 4 nitrogen and oxygen atoms in total. The number of methoxy groups -OCH3 is 1. The van der Waals surface area contributed by atoms with Gasteiger partial charge in [-0.2, -0.15) is 0 Å². The lowest BCUT2D eigenvalue weighted by atomic mass is 10.2. The van der Waals surface area contributed by atoms with Crippen LogP contribution >= 0.6 is 11.8 Å². The summed E-state index contributed by atoms with van der Waals surface area (Å²) < 4.78 is 4.73. The number of carbonyl (C=O) groups excluding carboxylic acids is 2. The molecule has 0 radical (unpaired) electrons. The third-order valence-corrected chi connectivity index (χ3v) is 4.50. The Bertz CT molecular complexity index is 498. The highest BCUT2D eigenvalue weighted by Gasteiger charge is 2.23. The Labute approximate surface area is 123 Å². The molecule has 108 valence electrons. The van der Waals surface area contributed by atoms with Crippen LogP contribution in [0.3, 0.4) is 0 Å². The summed E-state index contributed by atoms with van der Waals surface area (Å²) in [6.45, 7) is 3.43. The number of benzene rings is 1. The van der Waals surface area contributed by atoms with Crippen LogP contribution in [0.25, 0.3) is 0 Å². The van der Waals surface area contributed by atoms with Crippen LogP contribution in [0.15, 0.2) is 29.2 Å². The van der Waals surface area contributed by atoms with Gasteiger partial charge in [0.1, 0.15) is 5.25 Å². The molecule has 0 aliphatic carbocycles. The largest absolute Gasteiger partial charge is 0.468 e. The van der Waals surface area contributed by atoms with Crippen LogP contribution in [0, 0.1) is 0 Å². The van der Waals surface area contributed by atoms with E-state index in [1.807, 2.05) is 29.2 Å². The lowest BCUT2D eigenvalue weighted by molar-refractivity contribution is -0.139. The van der Waals surface area contributed by atoms with E-state index in [4.69, 9.17) is 4.74 Å². The highest BCUT2D eigenvalue weighted by molar-refractivity contribution is 8.00. The number of hydrogen-bond donors (Lipinski definition) is 0. The molecule has 1 fully saturated rings. The molecule has 1 saturated heterocycles. The SMILES string of the molecule is COC(=O)[C@H](C)Sc1ccccc1C(=O)N1CCCC1. The van der Waals surface area contributed by atoms with Crippen molar-refractivity contribution in [1.29, 1.82) is 0 Å². The molecule has 0 N–H and O–H groups in total. The molecular weight excluding hydrogens is 274 g/mol. The topological polar surface area (TPSA) is 46.6 Å². The zero-order chi connectivity index (χ0) is 14.5. The minimum atomic E-state index is -0.326. The molecular formula is C15H19NO3S. The molecule has 0 unspecified atom stereocenters. The summed E-state index contributed by atoms with van der Waals surface area (Å²) in [5, 5.41) is -0.326. The van der Waals surface area contributed by atoms with E-state index in [1.165, 1.54) is 18.9 Å². The summed E-state index contributed by atoms with van der Waals surface area (Å²) in [6, 6.07) is 7.45. The van der Waals surface area contributed by atoms with Crippen molar-refractivity contribution in [3.05, 3.63) is 29.8 Å². The zero-order valence-electron chi connectivity index (χ0n) is 11.8. The third kappa shape index (κ3) is 3.33. The molecule has 0 spiro atoms. The van der Waals surface area contributed by atoms with Gasteiger partial charge in [-0.3, -0.25) is 9.59 Å². The Kier molecular flexibility index (Phi) is 5.06. The number of rotatable bonds is 4. The van der Waals surface area contributed by atoms with Gasteiger partial charge < -0.3 is 9.64 Å². The predicted molar refractivity (Wildman–Crippen MR) is 78.9 cm³/mol. The number of ether oxygens (including phenoxy) is 1. The average Bonchev–Trinajstić information content (AvgIpc) is 3.00. The lowest BCUT2D eigenvalue weighted by Crippen LogP contribution is -2.28. The highest BCUT2D eigenvalue weighted by Crippen LogP contribution is 2.29. The summed E-state index contributed by atoms with van der Waals surface area (Å²) in [7, 11) is 1.38. The van der Waals surface area contributed by atoms with Crippen LogP contribution in [0.4, 0.5) is 0 Å². The quantitative estimate of drug-likeness (QED) is 0.632. The monoisotopic (exact) mass is 293 g/mol. The summed E-state index contributed by atoms with van der Waals surface area (Å²) in [5.74, 6) is -0.221. The van der Waals surface area contributed by atoms with Crippen molar-refractivity contribution in [3.63, 3.8) is 0 Å². The second-order valence-electron chi connectivity index (χ2n) is 4.78. The number of thioether (sulfide) groups is 1. The first-order valence-corrected chi connectivity index (χ1v) is 7.64. The fourth-order valence-electron chi connectivity index (χ4n) is 2.24. The summed E-state index contributed by atoms with van der Waals surface area (Å²) >= 11 is 1.37. The van der Waals surface area contributed by atoms with E-state index in [-0.39, 0.29) is 17.1 Å². The number of hydrogen-bond acceptors (Lipinski definition) is 4. The average molecular weight is 293 g/mol. The van der Waals surface area contributed by atoms with E-state index < -0.39 is 0 Å². The second kappa shape index (κ2) is 6.79. The first-order valence-electron chi connectivity index (χ1n) is 6.76. The van der Waals surface area contributed by atoms with Gasteiger partial charge in [0.2, 0.25) is 0 Å². The molecule has 5 heteroatoms. The predicted octanol–water partition coefficient (Wildman–Crippen LogP) is 2.58. The van der Waals surface area contributed by atoms with Crippen LogP contribution in [-0.4, -0.2) is 42.2 Å². The Morgan fingerprint density at radius 3 is 2.55 bits per heavy atom. The van der Waals surface area contributed by atoms with Gasteiger partial charge in [-0.25, -0.2) is 0 Å². The standard InChI is InChI=1S/C15H19NO3S/c1-11(15(18)19-2)20-13-8-4-3-7-12(13)14(17)16-9-5-6-10-16/h3-4,7-8,11H,5-6,9-10H2,1-2H3/t11-/m0/s1. The molecule has 0 bridgehead atoms. The molecule has 1 aromatic carbocycles. The molecule has 0 saturated carbocycles. The number of amides is 1. The minimum absolute atomic E-state index is 0.0580. The lowest BCUT2D eigenvalue weighted by Gasteiger charge is -2.18. The van der Waals surface area contributed by atoms with E-state index >= 15 is 0 Å². The molecule has 1 aliphatic heterocycles. The maximum atomic E-state index is 12.5. The Balaban J connectivity index is 2.17. The van der Waals surface area contributed by atoms with Gasteiger partial charge in [0, 0.05) is 18.0 Å². The first kappa shape index (κ1) is 14.9. The smallest absolute Gasteiger partial charge is 0.318 e. The van der Waals surface area contributed by atoms with Gasteiger partial charge in [-0.1, -0.05) is 12.1 Å². The Morgan fingerprint density at radius 2 is 1.90 bits per heavy atom. The maximum absolute atomic E-state index is 12.5. The summed E-state index contributed by atoms with van der Waals surface area (Å²) in [6.07, 6.45) is 2.14. The number of esters is 1. The van der Waals surface area contributed by atoms with E-state index in [0.29, 0.717) is 5.56 Å². The second-order valence-corrected chi connectivity index (χ2v) is 6.16. The fourth-order valence-corrected chi connectivity index (χ4v) is 3.25. The molecule has 1 aliphatic rings. The number of carbonyl (C=O) groups is 2. The molecule has 1 amide bonds. The van der Waals surface area contributed by atoms with E-state index in [0.717, 1.165) is 30.8 Å². The minimum Gasteiger partial charge on any atom is -0.468 e. The molecule has 1 aromatic rings. The van der Waals surface area contributed by atoms with Crippen LogP contribution < -0.4 is 0 Å². The van der Waals surface area contributed by atoms with Crippen molar-refractivity contribution in [1.82, 2.24) is 4.90 Å². The molecule has 2 rings (SSSR count). The van der Waals surface area contributed by atoms with Gasteiger partial charge >= 0.3 is 5.97 Å². The van der Waals surface area contributed by atoms with E-state index in [1.54, 1.807) is 6.92 Å². The van der Waals surface area contributed by atoms with Crippen LogP contribution in [0.2, 0.25) is 0 Å². The van der Waals surface area contributed by atoms with Crippen LogP contribution in [0.5, 0.6) is 0 Å². The Morgan fingerprint density at radius 1 is 1.25 bits per heavy atom. The van der Waals surface area contributed by atoms with Crippen molar-refractivity contribution >= 4 is 23.6 Å². The van der Waals surface area contributed by atoms with Crippen molar-refractivity contribution < 1.29 is 14.3 Å². The Hall–Kier alpha value is -1.49. The third-order valence-electron chi connectivity index (χ3n) is 3.35. The molecule has 1 heterocycles. The van der Waals surface area contributed by atoms with Gasteiger partial charge in [-0.15, -0.1) is 11.8 Å². The normalized spacial score (nSPS) is 16.0. The van der Waals surface area contributed by atoms with Gasteiger partial charge in [0.05, 0.1) is 12.7 Å². The van der Waals surface area contributed by atoms with Crippen molar-refractivity contribution in [2.45, 2.75) is 29.9 Å². The van der Waals surface area contributed by atoms with Crippen molar-refractivity contribution in [2.75, 3.05) is 20.2 Å². The van der Waals surface area contributed by atoms with E-state index in [2.05, 4.69) is 0 Å². The number of nitrogens with zero attached hydrogens (tertiary/aromatic N) is 1. The first-order chi connectivity index (χ1) is 9.63. The summed E-state index contributed by atoms with van der Waals surface area (Å²) in [4.78, 5) is 26.7. The van der Waals surface area contributed by atoms with Crippen LogP contribution in [-0.2, 0) is 9.53 Å². The van der Waals surface area contributed by atoms with E-state index in [9.17, 15) is 9.59 Å². The van der Waals surface area contributed by atoms with Gasteiger partial charge in [0.15, 0.2) is 0 Å². The molecule has 1 atom stereocenters. The van der Waals surface area contributed by atoms with Gasteiger partial charge in [0.25, 0.3) is 5.91 Å². The molecule has 0 aromatic heterocycles. The van der Waals surface area contributed by atoms with Crippen molar-refractivity contribution in [3.8, 4) is 0 Å². The maximum Gasteiger partial charge on any atom is 0.318 e. The zero-order valence-corrected chi connectivity index (χ0v) is 12.6. The van der Waals surface area contributed by atoms with Crippen LogP contribution in [0.1, 0.15) is 30.1 Å². The summed E-state index contributed by atoms with van der Waals surface area (Å²) in [5.41, 5.74) is 0.676. The molecule has 20 heavy (non-hydrogen) atoms. The fraction of sp³-hybridized carbons (Fsp3) is 0.467. The number of likely N-dealkylation sites (tertiary alicyclic amines) is 1.